The van der Waals surface area contributed by atoms with Crippen LogP contribution in [0.5, 0.6) is 0 Å². The summed E-state index contributed by atoms with van der Waals surface area (Å²) in [7, 11) is 1.71. The Bertz CT molecular complexity index is 448. The molecule has 1 fully saturated rings. The number of nitrogen functional groups attached to an aromatic ring is 1. The maximum atomic E-state index is 11.4. The first-order chi connectivity index (χ1) is 8.61. The predicted octanol–water partition coefficient (Wildman–Crippen LogP) is 0.840. The molecule has 98 valence electrons. The third-order valence-electron chi connectivity index (χ3n) is 3.32. The Labute approximate surface area is 107 Å². The van der Waals surface area contributed by atoms with Gasteiger partial charge in [0, 0.05) is 31.8 Å². The van der Waals surface area contributed by atoms with E-state index in [0.29, 0.717) is 17.2 Å². The molecule has 2 rings (SSSR count). The predicted molar refractivity (Wildman–Crippen MR) is 71.6 cm³/mol. The van der Waals surface area contributed by atoms with E-state index < -0.39 is 5.91 Å². The molecule has 5 nitrogen and oxygen atoms in total. The molecule has 1 aliphatic rings. The quantitative estimate of drug-likeness (QED) is 0.775. The van der Waals surface area contributed by atoms with Gasteiger partial charge < -0.3 is 21.1 Å². The Morgan fingerprint density at radius 1 is 1.56 bits per heavy atom. The summed E-state index contributed by atoms with van der Waals surface area (Å²) in [6, 6.07) is 5.21. The van der Waals surface area contributed by atoms with Gasteiger partial charge in [-0.05, 0) is 24.6 Å². The fraction of sp³-hybridized carbons (Fsp3) is 0.462. The van der Waals surface area contributed by atoms with Crippen LogP contribution in [-0.2, 0) is 4.74 Å². The molecule has 0 spiro atoms. The number of nitrogens with zero attached hydrogens (tertiary/aromatic N) is 1. The number of amides is 1. The highest BCUT2D eigenvalue weighted by molar-refractivity contribution is 5.99. The Morgan fingerprint density at radius 2 is 2.33 bits per heavy atom. The van der Waals surface area contributed by atoms with Gasteiger partial charge in [0.2, 0.25) is 0 Å². The average Bonchev–Trinajstić information content (AvgIpc) is 2.77. The number of ether oxygens (including phenoxy) is 1. The smallest absolute Gasteiger partial charge is 0.250 e. The van der Waals surface area contributed by atoms with Gasteiger partial charge >= 0.3 is 0 Å². The molecule has 1 aromatic rings. The van der Waals surface area contributed by atoms with Gasteiger partial charge in [-0.1, -0.05) is 0 Å². The maximum Gasteiger partial charge on any atom is 0.250 e. The molecule has 0 radical (unpaired) electrons. The number of hydrogen-bond donors (Lipinski definition) is 2. The minimum Gasteiger partial charge on any atom is -0.399 e. The molecule has 1 aliphatic heterocycles. The number of nitrogens with two attached hydrogens (primary N) is 2. The van der Waals surface area contributed by atoms with Gasteiger partial charge in [-0.3, -0.25) is 4.79 Å². The lowest BCUT2D eigenvalue weighted by molar-refractivity contribution is 0.100. The summed E-state index contributed by atoms with van der Waals surface area (Å²) >= 11 is 0. The molecule has 0 aromatic heterocycles. The van der Waals surface area contributed by atoms with Gasteiger partial charge in [-0.25, -0.2) is 0 Å². The largest absolute Gasteiger partial charge is 0.399 e. The minimum atomic E-state index is -0.416. The molecule has 0 aliphatic carbocycles. The number of hydrogen-bond acceptors (Lipinski definition) is 4. The van der Waals surface area contributed by atoms with Crippen LogP contribution in [0.1, 0.15) is 16.8 Å². The fourth-order valence-corrected chi connectivity index (χ4v) is 2.44. The first-order valence-electron chi connectivity index (χ1n) is 6.05. The van der Waals surface area contributed by atoms with E-state index in [4.69, 9.17) is 16.2 Å². The summed E-state index contributed by atoms with van der Waals surface area (Å²) in [6.07, 6.45) is 1.06. The van der Waals surface area contributed by atoms with Crippen molar-refractivity contribution in [3.63, 3.8) is 0 Å². The van der Waals surface area contributed by atoms with Crippen molar-refractivity contribution in [2.24, 2.45) is 11.7 Å². The normalized spacial score (nSPS) is 19.2. The van der Waals surface area contributed by atoms with E-state index in [1.807, 2.05) is 6.07 Å². The Kier molecular flexibility index (Phi) is 3.72. The van der Waals surface area contributed by atoms with Gasteiger partial charge in [-0.2, -0.15) is 0 Å². The first kappa shape index (κ1) is 12.7. The van der Waals surface area contributed by atoms with Crippen molar-refractivity contribution in [1.82, 2.24) is 0 Å². The Hall–Kier alpha value is -1.75. The van der Waals surface area contributed by atoms with Crippen LogP contribution in [-0.4, -0.2) is 32.7 Å². The summed E-state index contributed by atoms with van der Waals surface area (Å²) in [6.45, 7) is 2.51. The monoisotopic (exact) mass is 249 g/mol. The van der Waals surface area contributed by atoms with Crippen molar-refractivity contribution in [2.75, 3.05) is 37.4 Å². The van der Waals surface area contributed by atoms with Crippen LogP contribution in [0.3, 0.4) is 0 Å². The average molecular weight is 249 g/mol. The van der Waals surface area contributed by atoms with Crippen LogP contribution in [0, 0.1) is 5.92 Å². The lowest BCUT2D eigenvalue weighted by Gasteiger charge is -2.21. The van der Waals surface area contributed by atoms with Crippen molar-refractivity contribution >= 4 is 17.3 Å². The van der Waals surface area contributed by atoms with Crippen LogP contribution < -0.4 is 16.4 Å². The fourth-order valence-electron chi connectivity index (χ4n) is 2.44. The Balaban J connectivity index is 2.23. The summed E-state index contributed by atoms with van der Waals surface area (Å²) in [5.41, 5.74) is 13.2. The van der Waals surface area contributed by atoms with Gasteiger partial charge in [-0.15, -0.1) is 0 Å². The van der Waals surface area contributed by atoms with Crippen molar-refractivity contribution in [2.45, 2.75) is 6.42 Å². The molecule has 0 bridgehead atoms. The van der Waals surface area contributed by atoms with E-state index in [1.54, 1.807) is 19.2 Å². The molecule has 0 saturated carbocycles. The highest BCUT2D eigenvalue weighted by Gasteiger charge is 2.25. The molecule has 18 heavy (non-hydrogen) atoms. The van der Waals surface area contributed by atoms with E-state index in [0.717, 1.165) is 31.8 Å². The van der Waals surface area contributed by atoms with Crippen molar-refractivity contribution in [1.29, 1.82) is 0 Å². The third kappa shape index (κ3) is 2.56. The SMILES string of the molecule is COCC1CCN(c2cc(N)ccc2C(N)=O)C1. The van der Waals surface area contributed by atoms with Gasteiger partial charge in [0.05, 0.1) is 17.9 Å². The molecular formula is C13H19N3O2. The maximum absolute atomic E-state index is 11.4. The second kappa shape index (κ2) is 5.27. The van der Waals surface area contributed by atoms with Gasteiger partial charge in [0.15, 0.2) is 0 Å². The summed E-state index contributed by atoms with van der Waals surface area (Å²) < 4.78 is 5.17. The first-order valence-corrected chi connectivity index (χ1v) is 6.05. The highest BCUT2D eigenvalue weighted by Crippen LogP contribution is 2.28. The van der Waals surface area contributed by atoms with Crippen LogP contribution in [0.4, 0.5) is 11.4 Å². The number of anilines is 2. The van der Waals surface area contributed by atoms with Crippen LogP contribution in [0.25, 0.3) is 0 Å². The lowest BCUT2D eigenvalue weighted by Crippen LogP contribution is -2.25. The topological polar surface area (TPSA) is 81.6 Å². The Morgan fingerprint density at radius 3 is 3.00 bits per heavy atom. The highest BCUT2D eigenvalue weighted by atomic mass is 16.5. The van der Waals surface area contributed by atoms with Crippen LogP contribution in [0.15, 0.2) is 18.2 Å². The number of carbonyl (C=O) groups excluding carboxylic acids is 1. The van der Waals surface area contributed by atoms with E-state index in [9.17, 15) is 4.79 Å². The molecule has 1 atom stereocenters. The van der Waals surface area contributed by atoms with Gasteiger partial charge in [0.1, 0.15) is 0 Å². The summed E-state index contributed by atoms with van der Waals surface area (Å²) in [5.74, 6) is 0.0809. The molecule has 1 unspecified atom stereocenters. The number of primary amides is 1. The number of carbonyl (C=O) groups is 1. The molecule has 4 N–H and O–H groups in total. The lowest BCUT2D eigenvalue weighted by atomic mass is 10.1. The molecule has 1 saturated heterocycles. The molecule has 1 amide bonds. The second-order valence-corrected chi connectivity index (χ2v) is 4.70. The molecule has 1 aromatic carbocycles. The molecule has 5 heteroatoms. The van der Waals surface area contributed by atoms with Crippen molar-refractivity contribution in [3.8, 4) is 0 Å². The zero-order valence-electron chi connectivity index (χ0n) is 10.6. The van der Waals surface area contributed by atoms with Crippen molar-refractivity contribution in [3.05, 3.63) is 23.8 Å². The van der Waals surface area contributed by atoms with Crippen molar-refractivity contribution < 1.29 is 9.53 Å². The van der Waals surface area contributed by atoms with Gasteiger partial charge in [0.25, 0.3) is 5.91 Å². The molecule has 1 heterocycles. The number of benzene rings is 1. The zero-order chi connectivity index (χ0) is 13.1. The standard InChI is InChI=1S/C13H19N3O2/c1-18-8-9-4-5-16(7-9)12-6-10(14)2-3-11(12)13(15)17/h2-3,6,9H,4-5,7-8,14H2,1H3,(H2,15,17). The third-order valence-corrected chi connectivity index (χ3v) is 3.32. The van der Waals surface area contributed by atoms with Crippen LogP contribution in [0.2, 0.25) is 0 Å². The second-order valence-electron chi connectivity index (χ2n) is 4.70. The minimum absolute atomic E-state index is 0.416. The summed E-state index contributed by atoms with van der Waals surface area (Å²) in [4.78, 5) is 13.6. The van der Waals surface area contributed by atoms with E-state index in [-0.39, 0.29) is 0 Å². The number of rotatable bonds is 4. The van der Waals surface area contributed by atoms with Crippen LogP contribution >= 0.6 is 0 Å². The number of methoxy groups -OCH3 is 1. The van der Waals surface area contributed by atoms with E-state index in [2.05, 4.69) is 4.90 Å². The zero-order valence-corrected chi connectivity index (χ0v) is 10.6. The summed E-state index contributed by atoms with van der Waals surface area (Å²) in [5, 5.41) is 0. The van der Waals surface area contributed by atoms with E-state index in [1.165, 1.54) is 0 Å². The van der Waals surface area contributed by atoms with E-state index >= 15 is 0 Å². The molecular weight excluding hydrogens is 230 g/mol.